The fourth-order valence-corrected chi connectivity index (χ4v) is 4.80. The highest BCUT2D eigenvalue weighted by atomic mass is 19.4. The van der Waals surface area contributed by atoms with E-state index in [1.54, 1.807) is 23.4 Å². The van der Waals surface area contributed by atoms with E-state index in [1.807, 2.05) is 0 Å². The number of carbonyl (C=O) groups excluding carboxylic acids is 1. The normalized spacial score (nSPS) is 22.0. The Kier molecular flexibility index (Phi) is 5.62. The minimum Gasteiger partial charge on any atom is -0.364 e. The first kappa shape index (κ1) is 22.2. The van der Waals surface area contributed by atoms with Crippen molar-refractivity contribution in [1.29, 1.82) is 0 Å². The van der Waals surface area contributed by atoms with E-state index in [-0.39, 0.29) is 35.3 Å². The number of nitrogens with one attached hydrogen (secondary N) is 1. The number of carbonyl (C=O) groups is 1. The highest BCUT2D eigenvalue weighted by Gasteiger charge is 2.44. The molecule has 1 unspecified atom stereocenters. The second-order valence-electron chi connectivity index (χ2n) is 8.50. The van der Waals surface area contributed by atoms with E-state index in [4.69, 9.17) is 0 Å². The molecule has 1 saturated carbocycles. The molecule has 3 aromatic rings. The molecule has 3 aliphatic rings. The van der Waals surface area contributed by atoms with Gasteiger partial charge in [-0.1, -0.05) is 0 Å². The topological polar surface area (TPSA) is 83.9 Å². The largest absolute Gasteiger partial charge is 0.434 e. The van der Waals surface area contributed by atoms with E-state index in [9.17, 15) is 22.4 Å². The second kappa shape index (κ2) is 8.62. The third-order valence-corrected chi connectivity index (χ3v) is 6.33. The zero-order valence-electron chi connectivity index (χ0n) is 17.8. The van der Waals surface area contributed by atoms with Crippen LogP contribution in [-0.2, 0) is 6.18 Å². The number of amides is 1. The number of anilines is 1. The van der Waals surface area contributed by atoms with E-state index in [1.165, 1.54) is 18.2 Å². The molecular formula is C23H20F4N6O. The molecule has 0 spiro atoms. The van der Waals surface area contributed by atoms with Crippen LogP contribution in [-0.4, -0.2) is 49.4 Å². The van der Waals surface area contributed by atoms with Crippen molar-refractivity contribution in [2.75, 3.05) is 11.9 Å². The number of benzene rings is 1. The van der Waals surface area contributed by atoms with Crippen LogP contribution in [0.2, 0.25) is 0 Å². The monoisotopic (exact) mass is 472 g/mol. The first-order valence-electron chi connectivity index (χ1n) is 10.8. The van der Waals surface area contributed by atoms with Gasteiger partial charge in [0.15, 0.2) is 11.5 Å². The summed E-state index contributed by atoms with van der Waals surface area (Å²) in [6, 6.07) is 5.16. The molecule has 1 aliphatic carbocycles. The smallest absolute Gasteiger partial charge is 0.364 e. The van der Waals surface area contributed by atoms with Gasteiger partial charge in [0.05, 0.1) is 24.0 Å². The summed E-state index contributed by atoms with van der Waals surface area (Å²) in [5.41, 5.74) is -0.458. The van der Waals surface area contributed by atoms with Crippen LogP contribution in [0.1, 0.15) is 35.3 Å². The van der Waals surface area contributed by atoms with Crippen LogP contribution < -0.4 is 5.32 Å². The third-order valence-electron chi connectivity index (χ3n) is 6.33. The summed E-state index contributed by atoms with van der Waals surface area (Å²) >= 11 is 0. The summed E-state index contributed by atoms with van der Waals surface area (Å²) in [5.74, 6) is -0.134. The predicted molar refractivity (Wildman–Crippen MR) is 114 cm³/mol. The van der Waals surface area contributed by atoms with E-state index in [0.717, 1.165) is 19.0 Å². The summed E-state index contributed by atoms with van der Waals surface area (Å²) in [6.07, 6.45) is 2.66. The standard InChI is InChI=1S/C23H20F4N6O/c24-14-3-4-15(21-28-6-1-7-29-21)16(9-14)22(34)33-12-13-2-5-18(33)17(8-13)32-20-11-30-19(10-31-20)23(25,26)27/h1,3-4,6-7,9-11,13,17-18H,2,5,8,12H2,(H,31,32)/t13?,17-,18+/m1/s1. The lowest BCUT2D eigenvalue weighted by Crippen LogP contribution is -2.59. The number of hydrogen-bond donors (Lipinski definition) is 1. The molecule has 0 radical (unpaired) electrons. The van der Waals surface area contributed by atoms with Crippen LogP contribution in [0.5, 0.6) is 0 Å². The molecule has 2 bridgehead atoms. The highest BCUT2D eigenvalue weighted by molar-refractivity contribution is 6.00. The van der Waals surface area contributed by atoms with Gasteiger partial charge < -0.3 is 10.2 Å². The molecule has 1 amide bonds. The van der Waals surface area contributed by atoms with Crippen molar-refractivity contribution in [3.05, 3.63) is 66.1 Å². The summed E-state index contributed by atoms with van der Waals surface area (Å²) < 4.78 is 52.5. The van der Waals surface area contributed by atoms with Crippen LogP contribution in [0, 0.1) is 11.7 Å². The minimum atomic E-state index is -4.57. The average Bonchev–Trinajstić information content (AvgIpc) is 2.84. The van der Waals surface area contributed by atoms with Crippen molar-refractivity contribution >= 4 is 11.7 Å². The fraction of sp³-hybridized carbons (Fsp3) is 0.348. The maximum Gasteiger partial charge on any atom is 0.434 e. The van der Waals surface area contributed by atoms with Crippen molar-refractivity contribution < 1.29 is 22.4 Å². The van der Waals surface area contributed by atoms with Crippen LogP contribution >= 0.6 is 0 Å². The van der Waals surface area contributed by atoms with Crippen molar-refractivity contribution in [2.45, 2.75) is 37.5 Å². The molecule has 34 heavy (non-hydrogen) atoms. The Morgan fingerprint density at radius 2 is 1.85 bits per heavy atom. The molecule has 7 nitrogen and oxygen atoms in total. The zero-order chi connectivity index (χ0) is 23.9. The number of nitrogens with zero attached hydrogens (tertiary/aromatic N) is 5. The molecule has 176 valence electrons. The Morgan fingerprint density at radius 3 is 2.53 bits per heavy atom. The second-order valence-corrected chi connectivity index (χ2v) is 8.50. The Balaban J connectivity index is 1.40. The van der Waals surface area contributed by atoms with Gasteiger partial charge in [-0.25, -0.2) is 24.3 Å². The molecular weight excluding hydrogens is 452 g/mol. The molecule has 11 heteroatoms. The lowest BCUT2D eigenvalue weighted by atomic mass is 9.76. The zero-order valence-corrected chi connectivity index (χ0v) is 17.8. The van der Waals surface area contributed by atoms with Crippen LogP contribution in [0.15, 0.2) is 49.1 Å². The number of hydrogen-bond acceptors (Lipinski definition) is 6. The summed E-state index contributed by atoms with van der Waals surface area (Å²) in [6.45, 7) is 0.520. The van der Waals surface area contributed by atoms with E-state index in [2.05, 4.69) is 25.3 Å². The van der Waals surface area contributed by atoms with Crippen molar-refractivity contribution in [3.63, 3.8) is 0 Å². The third kappa shape index (κ3) is 4.29. The number of halogens is 4. The molecule has 3 fully saturated rings. The van der Waals surface area contributed by atoms with Crippen LogP contribution in [0.3, 0.4) is 0 Å². The van der Waals surface area contributed by atoms with Gasteiger partial charge in [0.2, 0.25) is 0 Å². The van der Waals surface area contributed by atoms with E-state index < -0.39 is 17.7 Å². The van der Waals surface area contributed by atoms with Crippen molar-refractivity contribution in [3.8, 4) is 11.4 Å². The van der Waals surface area contributed by atoms with Crippen molar-refractivity contribution in [2.24, 2.45) is 5.92 Å². The molecule has 3 atom stereocenters. The Morgan fingerprint density at radius 1 is 1.06 bits per heavy atom. The lowest BCUT2D eigenvalue weighted by molar-refractivity contribution is -0.141. The predicted octanol–water partition coefficient (Wildman–Crippen LogP) is 4.20. The molecule has 4 heterocycles. The summed E-state index contributed by atoms with van der Waals surface area (Å²) in [4.78, 5) is 31.0. The quantitative estimate of drug-likeness (QED) is 0.573. The van der Waals surface area contributed by atoms with Gasteiger partial charge in [0.25, 0.3) is 5.91 Å². The van der Waals surface area contributed by atoms with Gasteiger partial charge in [-0.05, 0) is 49.4 Å². The number of aromatic nitrogens is 4. The SMILES string of the molecule is O=C(c1cc(F)ccc1-c1ncccn1)N1CC2CC[C@H]1[C@H](Nc1cnc(C(F)(F)F)cn1)C2. The number of fused-ring (bicyclic) bond motifs is 3. The molecule has 1 aromatic carbocycles. The van der Waals surface area contributed by atoms with Gasteiger partial charge in [-0.15, -0.1) is 0 Å². The molecule has 1 N–H and O–H groups in total. The summed E-state index contributed by atoms with van der Waals surface area (Å²) in [7, 11) is 0. The molecule has 2 aromatic heterocycles. The first-order valence-corrected chi connectivity index (χ1v) is 10.8. The molecule has 6 rings (SSSR count). The fourth-order valence-electron chi connectivity index (χ4n) is 4.80. The highest BCUT2D eigenvalue weighted by Crippen LogP contribution is 2.38. The summed E-state index contributed by atoms with van der Waals surface area (Å²) in [5, 5.41) is 3.15. The minimum absolute atomic E-state index is 0.173. The number of alkyl halides is 3. The van der Waals surface area contributed by atoms with Crippen molar-refractivity contribution in [1.82, 2.24) is 24.8 Å². The van der Waals surface area contributed by atoms with Gasteiger partial charge >= 0.3 is 6.18 Å². The molecule has 2 saturated heterocycles. The lowest BCUT2D eigenvalue weighted by Gasteiger charge is -2.50. The maximum absolute atomic E-state index is 14.1. The average molecular weight is 472 g/mol. The van der Waals surface area contributed by atoms with E-state index in [0.29, 0.717) is 30.6 Å². The van der Waals surface area contributed by atoms with E-state index >= 15 is 0 Å². The van der Waals surface area contributed by atoms with Crippen LogP contribution in [0.25, 0.3) is 11.4 Å². The van der Waals surface area contributed by atoms with Gasteiger partial charge in [-0.2, -0.15) is 13.2 Å². The maximum atomic E-state index is 14.1. The van der Waals surface area contributed by atoms with Gasteiger partial charge in [0, 0.05) is 30.5 Å². The Bertz CT molecular complexity index is 1190. The molecule has 2 aliphatic heterocycles. The Labute approximate surface area is 192 Å². The van der Waals surface area contributed by atoms with Crippen LogP contribution in [0.4, 0.5) is 23.4 Å². The number of piperidine rings is 2. The first-order chi connectivity index (χ1) is 16.3. The van der Waals surface area contributed by atoms with Gasteiger partial charge in [0.1, 0.15) is 11.6 Å². The number of rotatable bonds is 4. The van der Waals surface area contributed by atoms with Gasteiger partial charge in [-0.3, -0.25) is 4.79 Å². The Hall–Kier alpha value is -3.63.